The van der Waals surface area contributed by atoms with E-state index in [4.69, 9.17) is 5.26 Å². The Hall–Kier alpha value is -2.60. The molecule has 29 heavy (non-hydrogen) atoms. The molecule has 0 saturated carbocycles. The van der Waals surface area contributed by atoms with Crippen LogP contribution in [0.1, 0.15) is 30.3 Å². The van der Waals surface area contributed by atoms with Gasteiger partial charge in [-0.2, -0.15) is 5.26 Å². The lowest BCUT2D eigenvalue weighted by Gasteiger charge is -2.12. The van der Waals surface area contributed by atoms with Gasteiger partial charge in [-0.25, -0.2) is 9.98 Å². The van der Waals surface area contributed by atoms with E-state index < -0.39 is 0 Å². The van der Waals surface area contributed by atoms with E-state index >= 15 is 0 Å². The van der Waals surface area contributed by atoms with Crippen molar-refractivity contribution in [1.29, 1.82) is 5.26 Å². The highest BCUT2D eigenvalue weighted by molar-refractivity contribution is 14.0. The van der Waals surface area contributed by atoms with Gasteiger partial charge in [-0.1, -0.05) is 24.3 Å². The second kappa shape index (κ2) is 11.4. The minimum absolute atomic E-state index is 0. The molecular formula is C22H27IN6. The molecule has 3 aromatic rings. The Kier molecular flexibility index (Phi) is 8.93. The number of guanidine groups is 1. The highest BCUT2D eigenvalue weighted by Crippen LogP contribution is 2.15. The average Bonchev–Trinajstić information content (AvgIpc) is 3.04. The summed E-state index contributed by atoms with van der Waals surface area (Å²) in [4.78, 5) is 9.25. The first kappa shape index (κ1) is 22.7. The van der Waals surface area contributed by atoms with Crippen LogP contribution in [0.4, 0.5) is 0 Å². The fraction of sp³-hybridized carbons (Fsp3) is 0.318. The third-order valence-electron chi connectivity index (χ3n) is 4.54. The Morgan fingerprint density at radius 3 is 2.62 bits per heavy atom. The van der Waals surface area contributed by atoms with Gasteiger partial charge in [-0.3, -0.25) is 0 Å². The van der Waals surface area contributed by atoms with Gasteiger partial charge in [0.15, 0.2) is 5.96 Å². The second-order valence-electron chi connectivity index (χ2n) is 6.58. The molecule has 0 atom stereocenters. The number of hydrogen-bond donors (Lipinski definition) is 2. The molecule has 0 fully saturated rings. The number of rotatable bonds is 7. The highest BCUT2D eigenvalue weighted by atomic mass is 127. The van der Waals surface area contributed by atoms with E-state index in [1.54, 1.807) is 0 Å². The number of para-hydroxylation sites is 2. The lowest BCUT2D eigenvalue weighted by Crippen LogP contribution is -2.38. The van der Waals surface area contributed by atoms with Crippen LogP contribution >= 0.6 is 24.0 Å². The molecule has 1 aromatic heterocycles. The topological polar surface area (TPSA) is 78.0 Å². The van der Waals surface area contributed by atoms with Gasteiger partial charge in [-0.15, -0.1) is 24.0 Å². The SMILES string of the molecule is CCNC(=NCc1ccc(C#N)cc1)NCCCn1c(C)nc2ccccc21.I. The molecule has 1 heterocycles. The van der Waals surface area contributed by atoms with Crippen LogP contribution < -0.4 is 10.6 Å². The normalized spacial score (nSPS) is 11.0. The van der Waals surface area contributed by atoms with Gasteiger partial charge in [0, 0.05) is 19.6 Å². The number of halogens is 1. The summed E-state index contributed by atoms with van der Waals surface area (Å²) in [5, 5.41) is 15.6. The number of aromatic nitrogens is 2. The largest absolute Gasteiger partial charge is 0.357 e. The second-order valence-corrected chi connectivity index (χ2v) is 6.58. The van der Waals surface area contributed by atoms with Crippen molar-refractivity contribution >= 4 is 41.0 Å². The number of nitriles is 1. The Labute approximate surface area is 189 Å². The Morgan fingerprint density at radius 1 is 1.14 bits per heavy atom. The van der Waals surface area contributed by atoms with Crippen LogP contribution in [0.15, 0.2) is 53.5 Å². The van der Waals surface area contributed by atoms with Crippen LogP contribution in [0.2, 0.25) is 0 Å². The molecule has 0 bridgehead atoms. The quantitative estimate of drug-likeness (QED) is 0.222. The Morgan fingerprint density at radius 2 is 1.90 bits per heavy atom. The van der Waals surface area contributed by atoms with Crippen LogP contribution in [-0.4, -0.2) is 28.6 Å². The molecule has 0 aliphatic heterocycles. The van der Waals surface area contributed by atoms with Gasteiger partial charge in [0.2, 0.25) is 0 Å². The third-order valence-corrected chi connectivity index (χ3v) is 4.54. The third kappa shape index (κ3) is 6.19. The summed E-state index contributed by atoms with van der Waals surface area (Å²) in [6.45, 7) is 7.23. The van der Waals surface area contributed by atoms with Crippen molar-refractivity contribution in [3.8, 4) is 6.07 Å². The summed E-state index contributed by atoms with van der Waals surface area (Å²) < 4.78 is 2.26. The number of fused-ring (bicyclic) bond motifs is 1. The first-order chi connectivity index (χ1) is 13.7. The first-order valence-electron chi connectivity index (χ1n) is 9.64. The van der Waals surface area contributed by atoms with Crippen LogP contribution in [0.5, 0.6) is 0 Å². The molecule has 3 rings (SSSR count). The molecule has 0 spiro atoms. The predicted octanol–water partition coefficient (Wildman–Crippen LogP) is 3.98. The van der Waals surface area contributed by atoms with Crippen molar-refractivity contribution in [1.82, 2.24) is 20.2 Å². The van der Waals surface area contributed by atoms with Crippen molar-refractivity contribution in [2.45, 2.75) is 33.4 Å². The predicted molar refractivity (Wildman–Crippen MR) is 128 cm³/mol. The number of hydrogen-bond acceptors (Lipinski definition) is 3. The van der Waals surface area contributed by atoms with E-state index in [2.05, 4.69) is 63.3 Å². The summed E-state index contributed by atoms with van der Waals surface area (Å²) in [6.07, 6.45) is 0.975. The van der Waals surface area contributed by atoms with Crippen LogP contribution in [0.25, 0.3) is 11.0 Å². The number of nitrogens with one attached hydrogen (secondary N) is 2. The van der Waals surface area contributed by atoms with E-state index in [-0.39, 0.29) is 24.0 Å². The fourth-order valence-corrected chi connectivity index (χ4v) is 3.12. The smallest absolute Gasteiger partial charge is 0.191 e. The van der Waals surface area contributed by atoms with Gasteiger partial charge in [0.25, 0.3) is 0 Å². The van der Waals surface area contributed by atoms with Crippen LogP contribution in [0, 0.1) is 18.3 Å². The number of imidazole rings is 1. The number of aliphatic imine (C=N–C) groups is 1. The maximum Gasteiger partial charge on any atom is 0.191 e. The molecule has 0 aliphatic carbocycles. The summed E-state index contributed by atoms with van der Waals surface area (Å²) in [7, 11) is 0. The van der Waals surface area contributed by atoms with E-state index in [9.17, 15) is 0 Å². The summed E-state index contributed by atoms with van der Waals surface area (Å²) in [5.41, 5.74) is 3.98. The van der Waals surface area contributed by atoms with E-state index in [1.165, 1.54) is 5.52 Å². The van der Waals surface area contributed by atoms with Gasteiger partial charge in [-0.05, 0) is 50.1 Å². The molecule has 7 heteroatoms. The van der Waals surface area contributed by atoms with E-state index in [0.29, 0.717) is 12.1 Å². The lowest BCUT2D eigenvalue weighted by atomic mass is 10.1. The average molecular weight is 502 g/mol. The fourth-order valence-electron chi connectivity index (χ4n) is 3.12. The zero-order chi connectivity index (χ0) is 19.8. The van der Waals surface area contributed by atoms with Gasteiger partial charge in [0.05, 0.1) is 29.2 Å². The molecule has 0 amide bonds. The maximum atomic E-state index is 8.88. The van der Waals surface area contributed by atoms with Crippen molar-refractivity contribution in [2.24, 2.45) is 4.99 Å². The molecule has 2 aromatic carbocycles. The van der Waals surface area contributed by atoms with Crippen LogP contribution in [0.3, 0.4) is 0 Å². The van der Waals surface area contributed by atoms with Gasteiger partial charge in [0.1, 0.15) is 5.82 Å². The standard InChI is InChI=1S/C22H26N6.HI/c1-3-24-22(26-16-19-11-9-18(15-23)10-12-19)25-13-6-14-28-17(2)27-20-7-4-5-8-21(20)28;/h4-5,7-12H,3,6,13-14,16H2,1-2H3,(H2,24,25,26);1H. The molecular weight excluding hydrogens is 475 g/mol. The summed E-state index contributed by atoms with van der Waals surface area (Å²) in [6, 6.07) is 17.9. The van der Waals surface area contributed by atoms with Gasteiger partial charge >= 0.3 is 0 Å². The van der Waals surface area contributed by atoms with Crippen molar-refractivity contribution in [2.75, 3.05) is 13.1 Å². The monoisotopic (exact) mass is 502 g/mol. The number of nitrogens with zero attached hydrogens (tertiary/aromatic N) is 4. The molecule has 152 valence electrons. The first-order valence-corrected chi connectivity index (χ1v) is 9.64. The van der Waals surface area contributed by atoms with E-state index in [1.807, 2.05) is 30.3 Å². The molecule has 0 radical (unpaired) electrons. The zero-order valence-corrected chi connectivity index (χ0v) is 19.2. The maximum absolute atomic E-state index is 8.88. The van der Waals surface area contributed by atoms with Crippen molar-refractivity contribution in [3.63, 3.8) is 0 Å². The van der Waals surface area contributed by atoms with Gasteiger partial charge < -0.3 is 15.2 Å². The minimum Gasteiger partial charge on any atom is -0.357 e. The van der Waals surface area contributed by atoms with E-state index in [0.717, 1.165) is 48.9 Å². The Balaban J connectivity index is 0.00000300. The molecule has 0 saturated heterocycles. The molecule has 2 N–H and O–H groups in total. The summed E-state index contributed by atoms with van der Waals surface area (Å²) >= 11 is 0. The molecule has 0 aliphatic rings. The molecule has 6 nitrogen and oxygen atoms in total. The number of benzene rings is 2. The minimum atomic E-state index is 0. The lowest BCUT2D eigenvalue weighted by molar-refractivity contribution is 0.624. The van der Waals surface area contributed by atoms with Crippen molar-refractivity contribution in [3.05, 3.63) is 65.5 Å². The zero-order valence-electron chi connectivity index (χ0n) is 16.9. The number of aryl methyl sites for hydroxylation is 2. The molecule has 0 unspecified atom stereocenters. The Bertz CT molecular complexity index is 985. The van der Waals surface area contributed by atoms with Crippen molar-refractivity contribution < 1.29 is 0 Å². The highest BCUT2D eigenvalue weighted by Gasteiger charge is 2.06. The summed E-state index contributed by atoms with van der Waals surface area (Å²) in [5.74, 6) is 1.85. The van der Waals surface area contributed by atoms with Crippen LogP contribution in [-0.2, 0) is 13.1 Å².